The third kappa shape index (κ3) is 2.98. The highest BCUT2D eigenvalue weighted by atomic mass is 79.9. The van der Waals surface area contributed by atoms with Crippen LogP contribution in [0.1, 0.15) is 5.56 Å². The number of rotatable bonds is 3. The number of anilines is 1. The average Bonchev–Trinajstić information content (AvgIpc) is 2.38. The van der Waals surface area contributed by atoms with Crippen molar-refractivity contribution in [3.8, 4) is 0 Å². The van der Waals surface area contributed by atoms with E-state index >= 15 is 0 Å². The molecule has 0 fully saturated rings. The van der Waals surface area contributed by atoms with E-state index in [2.05, 4.69) is 15.9 Å². The summed E-state index contributed by atoms with van der Waals surface area (Å²) in [6.07, 6.45) is 0. The van der Waals surface area contributed by atoms with Gasteiger partial charge in [0.25, 0.3) is 10.0 Å². The molecule has 0 amide bonds. The first-order valence-electron chi connectivity index (χ1n) is 5.72. The molecule has 2 aromatic rings. The fourth-order valence-electron chi connectivity index (χ4n) is 1.73. The molecular weight excluding hydrogens is 326 g/mol. The largest absolute Gasteiger partial charge is 0.269 e. The van der Waals surface area contributed by atoms with E-state index in [0.29, 0.717) is 5.69 Å². The van der Waals surface area contributed by atoms with Gasteiger partial charge >= 0.3 is 0 Å². The Kier molecular flexibility index (Phi) is 3.96. The van der Waals surface area contributed by atoms with Crippen LogP contribution < -0.4 is 4.31 Å². The minimum absolute atomic E-state index is 0.278. The highest BCUT2D eigenvalue weighted by Crippen LogP contribution is 2.23. The van der Waals surface area contributed by atoms with Crippen LogP contribution in [0.2, 0.25) is 0 Å². The molecule has 19 heavy (non-hydrogen) atoms. The average molecular weight is 340 g/mol. The summed E-state index contributed by atoms with van der Waals surface area (Å²) in [6, 6.07) is 14.0. The van der Waals surface area contributed by atoms with Crippen LogP contribution in [0.15, 0.2) is 57.9 Å². The Balaban J connectivity index is 2.42. The van der Waals surface area contributed by atoms with Crippen LogP contribution in [0.3, 0.4) is 0 Å². The summed E-state index contributed by atoms with van der Waals surface area (Å²) in [5.41, 5.74) is 1.68. The Morgan fingerprint density at radius 3 is 2.26 bits per heavy atom. The zero-order valence-electron chi connectivity index (χ0n) is 10.7. The molecule has 2 rings (SSSR count). The monoisotopic (exact) mass is 339 g/mol. The van der Waals surface area contributed by atoms with E-state index in [0.717, 1.165) is 10.0 Å². The maximum Gasteiger partial charge on any atom is 0.264 e. The van der Waals surface area contributed by atoms with Gasteiger partial charge in [-0.1, -0.05) is 28.1 Å². The molecular formula is C14H14BrNO2S. The van der Waals surface area contributed by atoms with E-state index in [1.165, 1.54) is 4.31 Å². The van der Waals surface area contributed by atoms with Crippen LogP contribution in [-0.4, -0.2) is 15.5 Å². The Morgan fingerprint density at radius 1 is 1.05 bits per heavy atom. The van der Waals surface area contributed by atoms with Crippen molar-refractivity contribution in [2.24, 2.45) is 0 Å². The van der Waals surface area contributed by atoms with Crippen LogP contribution in [0.25, 0.3) is 0 Å². The fourth-order valence-corrected chi connectivity index (χ4v) is 3.18. The van der Waals surface area contributed by atoms with Gasteiger partial charge in [-0.3, -0.25) is 4.31 Å². The standard InChI is InChI=1S/C14H14BrNO2S/c1-11-4-3-5-13(10-11)16(2)19(17,18)14-8-6-12(15)7-9-14/h3-10H,1-2H3. The van der Waals surface area contributed by atoms with E-state index in [4.69, 9.17) is 0 Å². The molecule has 0 spiro atoms. The second kappa shape index (κ2) is 5.35. The zero-order chi connectivity index (χ0) is 14.0. The maximum atomic E-state index is 12.5. The molecule has 0 N–H and O–H groups in total. The van der Waals surface area contributed by atoms with Gasteiger partial charge < -0.3 is 0 Å². The number of sulfonamides is 1. The summed E-state index contributed by atoms with van der Waals surface area (Å²) in [5.74, 6) is 0. The van der Waals surface area contributed by atoms with Crippen molar-refractivity contribution in [3.05, 3.63) is 58.6 Å². The minimum atomic E-state index is -3.51. The van der Waals surface area contributed by atoms with Crippen molar-refractivity contribution >= 4 is 31.6 Å². The van der Waals surface area contributed by atoms with E-state index in [1.54, 1.807) is 37.4 Å². The molecule has 0 bridgehead atoms. The third-order valence-electron chi connectivity index (χ3n) is 2.84. The Hall–Kier alpha value is -1.33. The predicted octanol–water partition coefficient (Wildman–Crippen LogP) is 3.58. The molecule has 100 valence electrons. The highest BCUT2D eigenvalue weighted by Gasteiger charge is 2.20. The molecule has 0 unspecified atom stereocenters. The van der Waals surface area contributed by atoms with Gasteiger partial charge in [-0.2, -0.15) is 0 Å². The van der Waals surface area contributed by atoms with E-state index in [9.17, 15) is 8.42 Å². The van der Waals surface area contributed by atoms with Crippen molar-refractivity contribution in [1.82, 2.24) is 0 Å². The Bertz CT molecular complexity index is 681. The molecule has 2 aromatic carbocycles. The van der Waals surface area contributed by atoms with Crippen LogP contribution in [-0.2, 0) is 10.0 Å². The normalized spacial score (nSPS) is 11.3. The lowest BCUT2D eigenvalue weighted by Crippen LogP contribution is -2.26. The van der Waals surface area contributed by atoms with Crippen molar-refractivity contribution in [1.29, 1.82) is 0 Å². The molecule has 0 aliphatic rings. The number of hydrogen-bond acceptors (Lipinski definition) is 2. The molecule has 0 aromatic heterocycles. The van der Waals surface area contributed by atoms with Crippen LogP contribution in [0.5, 0.6) is 0 Å². The summed E-state index contributed by atoms with van der Waals surface area (Å²) in [4.78, 5) is 0.278. The summed E-state index contributed by atoms with van der Waals surface area (Å²) in [5, 5.41) is 0. The van der Waals surface area contributed by atoms with Crippen LogP contribution in [0, 0.1) is 6.92 Å². The Morgan fingerprint density at radius 2 is 1.68 bits per heavy atom. The number of halogens is 1. The molecule has 5 heteroatoms. The molecule has 3 nitrogen and oxygen atoms in total. The van der Waals surface area contributed by atoms with Gasteiger partial charge in [-0.25, -0.2) is 8.42 Å². The van der Waals surface area contributed by atoms with E-state index < -0.39 is 10.0 Å². The number of benzene rings is 2. The van der Waals surface area contributed by atoms with Crippen molar-refractivity contribution in [3.63, 3.8) is 0 Å². The van der Waals surface area contributed by atoms with Gasteiger partial charge in [-0.05, 0) is 48.9 Å². The highest BCUT2D eigenvalue weighted by molar-refractivity contribution is 9.10. The topological polar surface area (TPSA) is 37.4 Å². The van der Waals surface area contributed by atoms with Gasteiger partial charge in [0.15, 0.2) is 0 Å². The molecule has 0 saturated heterocycles. The maximum absolute atomic E-state index is 12.5. The summed E-state index contributed by atoms with van der Waals surface area (Å²) in [7, 11) is -1.95. The van der Waals surface area contributed by atoms with Gasteiger partial charge in [0, 0.05) is 11.5 Å². The van der Waals surface area contributed by atoms with Crippen molar-refractivity contribution in [2.45, 2.75) is 11.8 Å². The van der Waals surface area contributed by atoms with Gasteiger partial charge in [0.05, 0.1) is 10.6 Å². The SMILES string of the molecule is Cc1cccc(N(C)S(=O)(=O)c2ccc(Br)cc2)c1. The van der Waals surface area contributed by atoms with Crippen molar-refractivity contribution < 1.29 is 8.42 Å². The van der Waals surface area contributed by atoms with Crippen LogP contribution >= 0.6 is 15.9 Å². The summed E-state index contributed by atoms with van der Waals surface area (Å²) >= 11 is 3.30. The molecule has 0 aliphatic carbocycles. The smallest absolute Gasteiger partial charge is 0.264 e. The van der Waals surface area contributed by atoms with E-state index in [1.807, 2.05) is 25.1 Å². The number of nitrogens with zero attached hydrogens (tertiary/aromatic N) is 1. The quantitative estimate of drug-likeness (QED) is 0.856. The van der Waals surface area contributed by atoms with Crippen molar-refractivity contribution in [2.75, 3.05) is 11.4 Å². The number of aryl methyl sites for hydroxylation is 1. The summed E-state index contributed by atoms with van der Waals surface area (Å²) < 4.78 is 27.1. The lowest BCUT2D eigenvalue weighted by atomic mass is 10.2. The van der Waals surface area contributed by atoms with Gasteiger partial charge in [0.1, 0.15) is 0 Å². The van der Waals surface area contributed by atoms with Crippen LogP contribution in [0.4, 0.5) is 5.69 Å². The molecule has 0 radical (unpaired) electrons. The predicted molar refractivity (Wildman–Crippen MR) is 80.9 cm³/mol. The first kappa shape index (κ1) is 14.1. The van der Waals surface area contributed by atoms with E-state index in [-0.39, 0.29) is 4.90 Å². The molecule has 0 aliphatic heterocycles. The summed E-state index contributed by atoms with van der Waals surface area (Å²) in [6.45, 7) is 1.93. The zero-order valence-corrected chi connectivity index (χ0v) is 13.1. The van der Waals surface area contributed by atoms with Gasteiger partial charge in [-0.15, -0.1) is 0 Å². The van der Waals surface area contributed by atoms with Gasteiger partial charge in [0.2, 0.25) is 0 Å². The lowest BCUT2D eigenvalue weighted by molar-refractivity contribution is 0.594. The second-order valence-electron chi connectivity index (χ2n) is 4.27. The number of hydrogen-bond donors (Lipinski definition) is 0. The Labute approximate surface area is 122 Å². The molecule has 0 atom stereocenters. The first-order chi connectivity index (χ1) is 8.91. The fraction of sp³-hybridized carbons (Fsp3) is 0.143. The molecule has 0 saturated carbocycles. The molecule has 0 heterocycles. The minimum Gasteiger partial charge on any atom is -0.269 e. The lowest BCUT2D eigenvalue weighted by Gasteiger charge is -2.20. The first-order valence-corrected chi connectivity index (χ1v) is 7.96. The second-order valence-corrected chi connectivity index (χ2v) is 7.15. The third-order valence-corrected chi connectivity index (χ3v) is 5.17.